The predicted molar refractivity (Wildman–Crippen MR) is 209 cm³/mol. The van der Waals surface area contributed by atoms with E-state index in [1.54, 1.807) is 0 Å². The van der Waals surface area contributed by atoms with Crippen LogP contribution in [-0.2, 0) is 18.1 Å². The number of hydrogen-bond donors (Lipinski definition) is 0. The Balaban J connectivity index is 4.95. The van der Waals surface area contributed by atoms with Crippen molar-refractivity contribution in [1.29, 1.82) is 0 Å². The van der Waals surface area contributed by atoms with Gasteiger partial charge in [0.15, 0.2) is 0 Å². The average Bonchev–Trinajstić information content (AvgIpc) is 3.07. The fourth-order valence-electron chi connectivity index (χ4n) is 6.66. The van der Waals surface area contributed by atoms with Crippen molar-refractivity contribution in [3.8, 4) is 0 Å². The lowest BCUT2D eigenvalue weighted by Crippen LogP contribution is -2.21. The van der Waals surface area contributed by atoms with Gasteiger partial charge in [-0.15, -0.1) is 0 Å². The highest BCUT2D eigenvalue weighted by Crippen LogP contribution is 2.55. The highest BCUT2D eigenvalue weighted by Gasteiger charge is 2.35. The van der Waals surface area contributed by atoms with Gasteiger partial charge in [0.1, 0.15) is 0 Å². The second kappa shape index (κ2) is 35.9. The lowest BCUT2D eigenvalue weighted by molar-refractivity contribution is 0.0204. The van der Waals surface area contributed by atoms with Crippen molar-refractivity contribution in [3.63, 3.8) is 0 Å². The third-order valence-electron chi connectivity index (χ3n) is 10.1. The van der Waals surface area contributed by atoms with Crippen LogP contribution < -0.4 is 0 Å². The molecule has 0 fully saturated rings. The zero-order valence-electron chi connectivity index (χ0n) is 33.1. The van der Waals surface area contributed by atoms with Gasteiger partial charge >= 0.3 is 7.82 Å². The molecule has 47 heavy (non-hydrogen) atoms. The maximum atomic E-state index is 14.4. The lowest BCUT2D eigenvalue weighted by atomic mass is 10.0. The summed E-state index contributed by atoms with van der Waals surface area (Å²) in [7, 11) is -3.67. The average molecular weight is 687 g/mol. The summed E-state index contributed by atoms with van der Waals surface area (Å²) in [5.41, 5.74) is 0. The van der Waals surface area contributed by atoms with Gasteiger partial charge in [-0.05, 0) is 38.5 Å². The van der Waals surface area contributed by atoms with Gasteiger partial charge in [-0.25, -0.2) is 4.57 Å². The first-order chi connectivity index (χ1) is 23.0. The zero-order valence-corrected chi connectivity index (χ0v) is 34.0. The zero-order chi connectivity index (χ0) is 34.7. The van der Waals surface area contributed by atoms with E-state index in [1.807, 2.05) is 0 Å². The van der Waals surface area contributed by atoms with Crippen LogP contribution in [-0.4, -0.2) is 18.3 Å². The fraction of sp³-hybridized carbons (Fsp3) is 1.00. The van der Waals surface area contributed by atoms with Crippen molar-refractivity contribution in [2.75, 3.05) is 0 Å². The maximum absolute atomic E-state index is 14.4. The van der Waals surface area contributed by atoms with Crippen molar-refractivity contribution in [1.82, 2.24) is 0 Å². The second-order valence-electron chi connectivity index (χ2n) is 14.7. The molecule has 0 rings (SSSR count). The van der Waals surface area contributed by atoms with Gasteiger partial charge in [0.05, 0.1) is 18.3 Å². The minimum absolute atomic E-state index is 0.0687. The fourth-order valence-corrected chi connectivity index (χ4v) is 8.67. The van der Waals surface area contributed by atoms with Crippen LogP contribution in [0.2, 0.25) is 0 Å². The Morgan fingerprint density at radius 1 is 0.319 bits per heavy atom. The molecule has 0 N–H and O–H groups in total. The Hall–Kier alpha value is 0.110. The Morgan fingerprint density at radius 2 is 0.511 bits per heavy atom. The normalized spacial score (nSPS) is 15.1. The summed E-state index contributed by atoms with van der Waals surface area (Å²) >= 11 is 0. The Bertz CT molecular complexity index is 571. The molecule has 0 saturated carbocycles. The van der Waals surface area contributed by atoms with E-state index in [4.69, 9.17) is 13.6 Å². The molecule has 4 nitrogen and oxygen atoms in total. The van der Waals surface area contributed by atoms with E-state index in [0.29, 0.717) is 0 Å². The Morgan fingerprint density at radius 3 is 0.702 bits per heavy atom. The summed E-state index contributed by atoms with van der Waals surface area (Å²) in [6.45, 7) is 13.3. The van der Waals surface area contributed by atoms with Crippen LogP contribution >= 0.6 is 7.82 Å². The van der Waals surface area contributed by atoms with Crippen molar-refractivity contribution in [2.45, 2.75) is 272 Å². The van der Waals surface area contributed by atoms with E-state index in [2.05, 4.69) is 41.5 Å². The first kappa shape index (κ1) is 47.1. The van der Waals surface area contributed by atoms with E-state index in [0.717, 1.165) is 57.8 Å². The van der Waals surface area contributed by atoms with Crippen LogP contribution in [0.5, 0.6) is 0 Å². The van der Waals surface area contributed by atoms with Gasteiger partial charge < -0.3 is 0 Å². The second-order valence-corrected chi connectivity index (χ2v) is 16.2. The molecule has 0 aliphatic heterocycles. The summed E-state index contributed by atoms with van der Waals surface area (Å²) in [5.74, 6) is 0. The number of rotatable bonds is 39. The SMILES string of the molecule is CCCCCCCCCCCC(CC)OP(=O)(OC(CC)CCCCCCCCCCC)OC(CC)CCCCCCCCCCC. The summed E-state index contributed by atoms with van der Waals surface area (Å²) in [6.07, 6.45) is 40.5. The van der Waals surface area contributed by atoms with Gasteiger partial charge in [0.25, 0.3) is 0 Å². The largest absolute Gasteiger partial charge is 0.475 e. The van der Waals surface area contributed by atoms with Crippen LogP contribution in [0.4, 0.5) is 0 Å². The van der Waals surface area contributed by atoms with Crippen molar-refractivity contribution >= 4 is 7.82 Å². The van der Waals surface area contributed by atoms with Crippen molar-refractivity contribution in [3.05, 3.63) is 0 Å². The van der Waals surface area contributed by atoms with E-state index >= 15 is 0 Å². The molecule has 0 saturated heterocycles. The number of phosphoric acid groups is 1. The molecule has 0 aliphatic carbocycles. The van der Waals surface area contributed by atoms with Crippen molar-refractivity contribution < 1.29 is 18.1 Å². The summed E-state index contributed by atoms with van der Waals surface area (Å²) < 4.78 is 33.7. The van der Waals surface area contributed by atoms with Gasteiger partial charge in [0, 0.05) is 0 Å². The summed E-state index contributed by atoms with van der Waals surface area (Å²) in [6, 6.07) is 0. The van der Waals surface area contributed by atoms with Gasteiger partial charge in [-0.2, -0.15) is 0 Å². The molecule has 0 radical (unpaired) electrons. The van der Waals surface area contributed by atoms with Crippen LogP contribution in [0.25, 0.3) is 0 Å². The molecule has 0 bridgehead atoms. The number of phosphoric ester groups is 1. The molecule has 0 heterocycles. The quantitative estimate of drug-likeness (QED) is 0.0477. The highest BCUT2D eigenvalue weighted by molar-refractivity contribution is 7.48. The molecule has 284 valence electrons. The Kier molecular flexibility index (Phi) is 36.0. The van der Waals surface area contributed by atoms with Gasteiger partial charge in [-0.1, -0.05) is 215 Å². The van der Waals surface area contributed by atoms with Crippen LogP contribution in [0.15, 0.2) is 0 Å². The molecule has 0 aromatic rings. The van der Waals surface area contributed by atoms with E-state index in [-0.39, 0.29) is 18.3 Å². The summed E-state index contributed by atoms with van der Waals surface area (Å²) in [5, 5.41) is 0. The minimum Gasteiger partial charge on any atom is -0.284 e. The first-order valence-corrected chi connectivity index (χ1v) is 23.1. The molecule has 0 amide bonds. The Labute approximate surface area is 297 Å². The molecular formula is C42H87O4P. The smallest absolute Gasteiger partial charge is 0.284 e. The maximum Gasteiger partial charge on any atom is 0.475 e. The topological polar surface area (TPSA) is 44.8 Å². The molecule has 0 aliphatic rings. The van der Waals surface area contributed by atoms with Crippen LogP contribution in [0, 0.1) is 0 Å². The van der Waals surface area contributed by atoms with Crippen LogP contribution in [0.1, 0.15) is 253 Å². The van der Waals surface area contributed by atoms with Gasteiger partial charge in [0.2, 0.25) is 0 Å². The van der Waals surface area contributed by atoms with Crippen molar-refractivity contribution in [2.24, 2.45) is 0 Å². The van der Waals surface area contributed by atoms with Crippen LogP contribution in [0.3, 0.4) is 0 Å². The molecule has 3 unspecified atom stereocenters. The molecule has 0 spiro atoms. The van der Waals surface area contributed by atoms with E-state index < -0.39 is 7.82 Å². The van der Waals surface area contributed by atoms with E-state index in [9.17, 15) is 4.57 Å². The predicted octanol–water partition coefficient (Wildman–Crippen LogP) is 16.2. The number of hydrogen-bond acceptors (Lipinski definition) is 4. The standard InChI is InChI=1S/C42H87O4P/c1-7-13-16-19-22-25-28-31-34-37-40(10-4)44-47(43,45-41(11-5)38-35-32-29-26-23-20-17-14-8-2)46-42(12-6)39-36-33-30-27-24-21-18-15-9-3/h40-42H,7-39H2,1-6H3. The third-order valence-corrected chi connectivity index (χ3v) is 11.8. The molecule has 5 heteroatoms. The monoisotopic (exact) mass is 687 g/mol. The molecule has 0 aromatic carbocycles. The highest BCUT2D eigenvalue weighted by atomic mass is 31.2. The lowest BCUT2D eigenvalue weighted by Gasteiger charge is -2.29. The number of unbranched alkanes of at least 4 members (excludes halogenated alkanes) is 24. The molecule has 0 aromatic heterocycles. The summed E-state index contributed by atoms with van der Waals surface area (Å²) in [4.78, 5) is 0. The molecular weight excluding hydrogens is 599 g/mol. The first-order valence-electron chi connectivity index (χ1n) is 21.6. The molecule has 3 atom stereocenters. The minimum atomic E-state index is -3.67. The van der Waals surface area contributed by atoms with E-state index in [1.165, 1.54) is 154 Å². The van der Waals surface area contributed by atoms with Gasteiger partial charge in [-0.3, -0.25) is 13.6 Å². The third kappa shape index (κ3) is 30.6.